The zero-order valence-corrected chi connectivity index (χ0v) is 28.8. The standard InChI is InChI=1S/C27H48N9O12.Fe/c1-16(37)34(46)10-4-7-19-25(43)30-14-23(41)28-13-22(40)29-15-24(42)31-20(8-5-11-35(47)17(2)38)26(44)33-21(27(45)32-19)9-6-12-36(48)18(3)39;/h16-21,37-39H,4-15H2,1-3H3,(H,28,41)(H,29,40)(H,30,43)(H,31,42)(H,32,45)(H,33,44);/q-3;+3. The molecule has 0 spiro atoms. The minimum atomic E-state index is -1.40. The Labute approximate surface area is 294 Å². The summed E-state index contributed by atoms with van der Waals surface area (Å²) in [7, 11) is 0. The van der Waals surface area contributed by atoms with E-state index < -0.39 is 91.9 Å². The number of hydrogen-bond donors (Lipinski definition) is 9. The molecule has 1 radical (unpaired) electrons. The van der Waals surface area contributed by atoms with Crippen LogP contribution >= 0.6 is 0 Å². The topological polar surface area (TPSA) is 314 Å². The van der Waals surface area contributed by atoms with Crippen LogP contribution < -0.4 is 31.9 Å². The van der Waals surface area contributed by atoms with Gasteiger partial charge in [-0.25, -0.2) is 0 Å². The van der Waals surface area contributed by atoms with E-state index in [1.165, 1.54) is 20.8 Å². The van der Waals surface area contributed by atoms with Crippen molar-refractivity contribution in [3.63, 3.8) is 0 Å². The van der Waals surface area contributed by atoms with E-state index in [2.05, 4.69) is 31.9 Å². The Morgan fingerprint density at radius 1 is 0.551 bits per heavy atom. The summed E-state index contributed by atoms with van der Waals surface area (Å²) >= 11 is 0. The molecule has 0 bridgehead atoms. The van der Waals surface area contributed by atoms with Crippen LogP contribution in [0.4, 0.5) is 0 Å². The van der Waals surface area contributed by atoms with Crippen LogP contribution in [0.25, 0.3) is 0 Å². The van der Waals surface area contributed by atoms with Crippen LogP contribution in [0.15, 0.2) is 0 Å². The van der Waals surface area contributed by atoms with Gasteiger partial charge < -0.3 is 78.0 Å². The molecule has 6 amide bonds. The third kappa shape index (κ3) is 19.1. The quantitative estimate of drug-likeness (QED) is 0.0434. The van der Waals surface area contributed by atoms with Crippen LogP contribution in [0, 0.1) is 15.6 Å². The van der Waals surface area contributed by atoms with E-state index in [0.29, 0.717) is 15.2 Å². The number of carbonyl (C=O) groups excluding carboxylic acids is 6. The van der Waals surface area contributed by atoms with Crippen molar-refractivity contribution in [3.8, 4) is 0 Å². The van der Waals surface area contributed by atoms with Gasteiger partial charge in [-0.05, 0) is 78.9 Å². The van der Waals surface area contributed by atoms with E-state index in [1.807, 2.05) is 0 Å². The van der Waals surface area contributed by atoms with Crippen LogP contribution in [0.5, 0.6) is 0 Å². The van der Waals surface area contributed by atoms with Gasteiger partial charge in [0.25, 0.3) is 0 Å². The predicted molar refractivity (Wildman–Crippen MR) is 168 cm³/mol. The first-order valence-electron chi connectivity index (χ1n) is 15.6. The molecule has 9 N–H and O–H groups in total. The molecule has 49 heavy (non-hydrogen) atoms. The van der Waals surface area contributed by atoms with Gasteiger partial charge in [-0.1, -0.05) is 0 Å². The van der Waals surface area contributed by atoms with Crippen molar-refractivity contribution in [2.24, 2.45) is 0 Å². The first kappa shape index (κ1) is 46.0. The van der Waals surface area contributed by atoms with Crippen molar-refractivity contribution in [2.75, 3.05) is 39.3 Å². The zero-order chi connectivity index (χ0) is 36.4. The van der Waals surface area contributed by atoms with E-state index in [-0.39, 0.29) is 75.2 Å². The molecule has 21 nitrogen and oxygen atoms in total. The summed E-state index contributed by atoms with van der Waals surface area (Å²) in [4.78, 5) is 77.0. The second-order valence-corrected chi connectivity index (χ2v) is 11.3. The van der Waals surface area contributed by atoms with Gasteiger partial charge in [-0.15, -0.1) is 0 Å². The fraction of sp³-hybridized carbons (Fsp3) is 0.778. The molecule has 1 aliphatic heterocycles. The molecule has 1 aliphatic rings. The van der Waals surface area contributed by atoms with E-state index in [4.69, 9.17) is 0 Å². The Balaban J connectivity index is 0.0000230. The van der Waals surface area contributed by atoms with E-state index in [9.17, 15) is 59.7 Å². The Kier molecular flexibility index (Phi) is 22.7. The van der Waals surface area contributed by atoms with Crippen LogP contribution in [0.2, 0.25) is 0 Å². The molecular formula is C27H48FeN9O12. The van der Waals surface area contributed by atoms with Gasteiger partial charge in [0, 0.05) is 0 Å². The number of hydroxylamine groups is 6. The van der Waals surface area contributed by atoms with Crippen LogP contribution in [-0.4, -0.2) is 142 Å². The number of nitrogens with one attached hydrogen (secondary N) is 6. The molecule has 0 saturated carbocycles. The predicted octanol–water partition coefficient (Wildman–Crippen LogP) is -4.44. The summed E-state index contributed by atoms with van der Waals surface area (Å²) in [5, 5.41) is 79.2. The summed E-state index contributed by atoms with van der Waals surface area (Å²) in [5.74, 6) is -4.97. The maximum Gasteiger partial charge on any atom is 3.00 e. The first-order valence-corrected chi connectivity index (χ1v) is 15.6. The maximum absolute atomic E-state index is 13.5. The van der Waals surface area contributed by atoms with E-state index in [0.717, 1.165) is 0 Å². The summed E-state index contributed by atoms with van der Waals surface area (Å²) in [6.07, 6.45) is -4.49. The minimum absolute atomic E-state index is 0. The van der Waals surface area contributed by atoms with Gasteiger partial charge in [0.2, 0.25) is 35.4 Å². The summed E-state index contributed by atoms with van der Waals surface area (Å²) in [6.45, 7) is 1.28. The molecule has 6 unspecified atom stereocenters. The Morgan fingerprint density at radius 2 is 0.857 bits per heavy atom. The van der Waals surface area contributed by atoms with Crippen molar-refractivity contribution in [1.29, 1.82) is 0 Å². The third-order valence-corrected chi connectivity index (χ3v) is 7.10. The molecular weight excluding hydrogens is 698 g/mol. The molecule has 1 fully saturated rings. The SMILES string of the molecule is CC(O)N([O-])CCCC1NC(=O)CNC(=O)CNC(=O)CNC(=O)C(CCCN([O-])C(C)O)NC(=O)C(CCCN([O-])C(C)O)NC1=O.[Fe+3]. The maximum atomic E-state index is 13.5. The zero-order valence-electron chi connectivity index (χ0n) is 27.7. The third-order valence-electron chi connectivity index (χ3n) is 7.10. The van der Waals surface area contributed by atoms with Crippen LogP contribution in [0.3, 0.4) is 0 Å². The summed E-state index contributed by atoms with van der Waals surface area (Å²) in [6, 6.07) is -4.10. The largest absolute Gasteiger partial charge is 3.00 e. The molecule has 22 heteroatoms. The van der Waals surface area contributed by atoms with Gasteiger partial charge in [-0.3, -0.25) is 28.8 Å². The van der Waals surface area contributed by atoms with Gasteiger partial charge in [0.1, 0.15) is 18.1 Å². The van der Waals surface area contributed by atoms with E-state index in [1.54, 1.807) is 0 Å². The second kappa shape index (κ2) is 24.2. The van der Waals surface area contributed by atoms with Crippen molar-refractivity contribution in [2.45, 2.75) is 96.1 Å². The average Bonchev–Trinajstić information content (AvgIpc) is 3.02. The number of amides is 6. The molecule has 1 heterocycles. The molecule has 0 aliphatic carbocycles. The fourth-order valence-electron chi connectivity index (χ4n) is 4.28. The number of rotatable bonds is 15. The molecule has 1 saturated heterocycles. The average molecular weight is 747 g/mol. The van der Waals surface area contributed by atoms with Gasteiger partial charge in [0.05, 0.1) is 38.3 Å². The van der Waals surface area contributed by atoms with E-state index >= 15 is 0 Å². The van der Waals surface area contributed by atoms with Gasteiger partial charge >= 0.3 is 17.1 Å². The normalized spacial score (nSPS) is 22.4. The number of aliphatic hydroxyl groups is 3. The van der Waals surface area contributed by atoms with Crippen molar-refractivity contribution >= 4 is 35.4 Å². The number of aliphatic hydroxyl groups excluding tert-OH is 3. The fourth-order valence-corrected chi connectivity index (χ4v) is 4.28. The number of hydrogen-bond acceptors (Lipinski definition) is 15. The second-order valence-electron chi connectivity index (χ2n) is 11.3. The Morgan fingerprint density at radius 3 is 1.22 bits per heavy atom. The van der Waals surface area contributed by atoms with Crippen molar-refractivity contribution in [3.05, 3.63) is 15.6 Å². The van der Waals surface area contributed by atoms with Crippen molar-refractivity contribution < 1.29 is 61.2 Å². The Hall–Kier alpha value is -3.02. The monoisotopic (exact) mass is 746 g/mol. The summed E-state index contributed by atoms with van der Waals surface area (Å²) in [5.41, 5.74) is 0. The smallest absolute Gasteiger partial charge is 0.783 e. The molecule has 0 aromatic carbocycles. The summed E-state index contributed by atoms with van der Waals surface area (Å²) < 4.78 is 0. The number of carbonyl (C=O) groups is 6. The molecule has 281 valence electrons. The van der Waals surface area contributed by atoms with Gasteiger partial charge in [-0.2, -0.15) is 0 Å². The molecule has 6 atom stereocenters. The molecule has 0 aromatic heterocycles. The Bertz CT molecular complexity index is 1050. The van der Waals surface area contributed by atoms with Gasteiger partial charge in [0.15, 0.2) is 0 Å². The molecule has 1 rings (SSSR count). The number of nitrogens with zero attached hydrogens (tertiary/aromatic N) is 3. The molecule has 0 aromatic rings. The van der Waals surface area contributed by atoms with Crippen LogP contribution in [-0.2, 0) is 45.8 Å². The van der Waals surface area contributed by atoms with Crippen molar-refractivity contribution in [1.82, 2.24) is 47.1 Å². The van der Waals surface area contributed by atoms with Crippen LogP contribution in [0.1, 0.15) is 59.3 Å². The minimum Gasteiger partial charge on any atom is -0.783 e. The first-order chi connectivity index (χ1) is 22.5.